The lowest BCUT2D eigenvalue weighted by atomic mass is 10.2. The van der Waals surface area contributed by atoms with Crippen LogP contribution in [0.15, 0.2) is 33.7 Å². The Morgan fingerprint density at radius 2 is 1.95 bits per heavy atom. The summed E-state index contributed by atoms with van der Waals surface area (Å²) in [5.74, 6) is 1.02. The molecule has 0 amide bonds. The molecule has 7 heteroatoms. The third kappa shape index (κ3) is 3.66. The molecular formula is C15H20N2O4S. The van der Waals surface area contributed by atoms with E-state index in [-0.39, 0.29) is 17.3 Å². The second-order valence-electron chi connectivity index (χ2n) is 5.25. The molecule has 22 heavy (non-hydrogen) atoms. The zero-order valence-electron chi connectivity index (χ0n) is 13.1. The number of benzene rings is 1. The second-order valence-corrected chi connectivity index (χ2v) is 6.90. The van der Waals surface area contributed by atoms with E-state index in [1.807, 2.05) is 31.2 Å². The van der Waals surface area contributed by atoms with Gasteiger partial charge in [0.2, 0.25) is 10.0 Å². The van der Waals surface area contributed by atoms with Gasteiger partial charge in [-0.1, -0.05) is 23.4 Å². The molecule has 0 bridgehead atoms. The third-order valence-corrected chi connectivity index (χ3v) is 5.01. The molecule has 6 nitrogen and oxygen atoms in total. The summed E-state index contributed by atoms with van der Waals surface area (Å²) < 4.78 is 37.9. The maximum atomic E-state index is 12.4. The molecule has 0 aliphatic rings. The number of hydrogen-bond acceptors (Lipinski definition) is 5. The Bertz CT molecular complexity index is 733. The van der Waals surface area contributed by atoms with E-state index in [4.69, 9.17) is 9.26 Å². The molecule has 1 atom stereocenters. The van der Waals surface area contributed by atoms with Gasteiger partial charge < -0.3 is 9.26 Å². The first kappa shape index (κ1) is 16.5. The Morgan fingerprint density at radius 3 is 2.55 bits per heavy atom. The van der Waals surface area contributed by atoms with Gasteiger partial charge >= 0.3 is 0 Å². The van der Waals surface area contributed by atoms with Gasteiger partial charge in [0.25, 0.3) is 0 Å². The largest absolute Gasteiger partial charge is 0.492 e. The number of aromatic nitrogens is 1. The Hall–Kier alpha value is -1.86. The number of nitrogens with one attached hydrogen (secondary N) is 1. The molecule has 120 valence electrons. The first-order chi connectivity index (χ1) is 10.3. The van der Waals surface area contributed by atoms with Crippen LogP contribution in [-0.2, 0) is 10.0 Å². The van der Waals surface area contributed by atoms with Crippen molar-refractivity contribution in [3.05, 3.63) is 41.3 Å². The first-order valence-corrected chi connectivity index (χ1v) is 8.43. The minimum absolute atomic E-state index is 0.0928. The summed E-state index contributed by atoms with van der Waals surface area (Å²) in [4.78, 5) is 0.0928. The molecule has 0 saturated heterocycles. The predicted molar refractivity (Wildman–Crippen MR) is 82.4 cm³/mol. The van der Waals surface area contributed by atoms with Crippen LogP contribution in [0.1, 0.15) is 23.9 Å². The molecule has 1 N–H and O–H groups in total. The fourth-order valence-corrected chi connectivity index (χ4v) is 3.71. The van der Waals surface area contributed by atoms with Crippen LogP contribution in [0.3, 0.4) is 0 Å². The highest BCUT2D eigenvalue weighted by molar-refractivity contribution is 7.89. The molecule has 0 radical (unpaired) electrons. The van der Waals surface area contributed by atoms with Crippen LogP contribution in [0.25, 0.3) is 0 Å². The molecule has 2 aromatic rings. The van der Waals surface area contributed by atoms with Gasteiger partial charge in [0, 0.05) is 0 Å². The van der Waals surface area contributed by atoms with E-state index in [2.05, 4.69) is 9.88 Å². The minimum atomic E-state index is -3.68. The van der Waals surface area contributed by atoms with Crippen LogP contribution >= 0.6 is 0 Å². The molecule has 2 rings (SSSR count). The second kappa shape index (κ2) is 6.50. The summed E-state index contributed by atoms with van der Waals surface area (Å²) in [5.41, 5.74) is 1.35. The standard InChI is InChI=1S/C15H20N2O4S/c1-10-7-5-6-8-14(10)20-9-11(2)17-22(18,19)15-12(3)16-21-13(15)4/h5-8,11,17H,9H2,1-4H3/t11-/m0/s1. The van der Waals surface area contributed by atoms with Gasteiger partial charge in [0.1, 0.15) is 22.9 Å². The molecule has 0 saturated carbocycles. The van der Waals surface area contributed by atoms with E-state index in [0.29, 0.717) is 5.69 Å². The summed E-state index contributed by atoms with van der Waals surface area (Å²) in [6, 6.07) is 7.20. The van der Waals surface area contributed by atoms with Crippen LogP contribution in [0, 0.1) is 20.8 Å². The van der Waals surface area contributed by atoms with Gasteiger partial charge in [-0.3, -0.25) is 0 Å². The lowest BCUT2D eigenvalue weighted by Gasteiger charge is -2.16. The molecule has 0 aliphatic carbocycles. The SMILES string of the molecule is Cc1ccccc1OC[C@H](C)NS(=O)(=O)c1c(C)noc1C. The number of aryl methyl sites for hydroxylation is 3. The number of para-hydroxylation sites is 1. The van der Waals surface area contributed by atoms with E-state index in [1.54, 1.807) is 20.8 Å². The number of sulfonamides is 1. The molecule has 0 spiro atoms. The number of rotatable bonds is 6. The predicted octanol–water partition coefficient (Wildman–Crippen LogP) is 2.35. The van der Waals surface area contributed by atoms with Crippen molar-refractivity contribution >= 4 is 10.0 Å². The summed E-state index contributed by atoms with van der Waals surface area (Å²) in [6.07, 6.45) is 0. The molecular weight excluding hydrogens is 304 g/mol. The molecule has 1 aromatic carbocycles. The number of nitrogens with zero attached hydrogens (tertiary/aromatic N) is 1. The molecule has 0 unspecified atom stereocenters. The lowest BCUT2D eigenvalue weighted by molar-refractivity contribution is 0.285. The van der Waals surface area contributed by atoms with E-state index < -0.39 is 16.1 Å². The zero-order valence-corrected chi connectivity index (χ0v) is 13.9. The monoisotopic (exact) mass is 324 g/mol. The molecule has 1 heterocycles. The maximum Gasteiger partial charge on any atom is 0.246 e. The summed E-state index contributed by atoms with van der Waals surface area (Å²) in [6.45, 7) is 7.08. The summed E-state index contributed by atoms with van der Waals surface area (Å²) >= 11 is 0. The topological polar surface area (TPSA) is 81.4 Å². The Labute approximate surface area is 130 Å². The maximum absolute atomic E-state index is 12.4. The van der Waals surface area contributed by atoms with Crippen molar-refractivity contribution < 1.29 is 17.7 Å². The highest BCUT2D eigenvalue weighted by Crippen LogP contribution is 2.19. The Balaban J connectivity index is 2.03. The van der Waals surface area contributed by atoms with E-state index in [0.717, 1.165) is 11.3 Å². The van der Waals surface area contributed by atoms with Crippen molar-refractivity contribution in [2.45, 2.75) is 38.6 Å². The average Bonchev–Trinajstić information content (AvgIpc) is 2.77. The zero-order chi connectivity index (χ0) is 16.3. The highest BCUT2D eigenvalue weighted by atomic mass is 32.2. The van der Waals surface area contributed by atoms with Crippen molar-refractivity contribution in [2.24, 2.45) is 0 Å². The normalized spacial score (nSPS) is 13.1. The van der Waals surface area contributed by atoms with Crippen molar-refractivity contribution in [1.82, 2.24) is 9.88 Å². The van der Waals surface area contributed by atoms with Gasteiger partial charge in [-0.15, -0.1) is 0 Å². The number of ether oxygens (including phenoxy) is 1. The number of hydrogen-bond donors (Lipinski definition) is 1. The summed E-state index contributed by atoms with van der Waals surface area (Å²) in [7, 11) is -3.68. The van der Waals surface area contributed by atoms with Gasteiger partial charge in [-0.2, -0.15) is 0 Å². The van der Waals surface area contributed by atoms with Crippen molar-refractivity contribution in [1.29, 1.82) is 0 Å². The van der Waals surface area contributed by atoms with Gasteiger partial charge in [0.15, 0.2) is 5.76 Å². The van der Waals surface area contributed by atoms with Crippen LogP contribution in [0.4, 0.5) is 0 Å². The summed E-state index contributed by atoms with van der Waals surface area (Å²) in [5, 5.41) is 3.67. The third-order valence-electron chi connectivity index (χ3n) is 3.18. The Kier molecular flexibility index (Phi) is 4.87. The van der Waals surface area contributed by atoms with E-state index in [9.17, 15) is 8.42 Å². The van der Waals surface area contributed by atoms with Crippen LogP contribution in [-0.4, -0.2) is 26.2 Å². The van der Waals surface area contributed by atoms with Crippen molar-refractivity contribution in [3.63, 3.8) is 0 Å². The molecule has 1 aromatic heterocycles. The molecule has 0 aliphatic heterocycles. The van der Waals surface area contributed by atoms with Crippen LogP contribution < -0.4 is 9.46 Å². The van der Waals surface area contributed by atoms with Gasteiger partial charge in [-0.05, 0) is 39.3 Å². The average molecular weight is 324 g/mol. The van der Waals surface area contributed by atoms with Gasteiger partial charge in [-0.25, -0.2) is 13.1 Å². The van der Waals surface area contributed by atoms with Gasteiger partial charge in [0.05, 0.1) is 6.04 Å². The quantitative estimate of drug-likeness (QED) is 0.882. The highest BCUT2D eigenvalue weighted by Gasteiger charge is 2.25. The lowest BCUT2D eigenvalue weighted by Crippen LogP contribution is -2.37. The minimum Gasteiger partial charge on any atom is -0.492 e. The fraction of sp³-hybridized carbons (Fsp3) is 0.400. The first-order valence-electron chi connectivity index (χ1n) is 6.95. The van der Waals surface area contributed by atoms with Crippen molar-refractivity contribution in [3.8, 4) is 5.75 Å². The van der Waals surface area contributed by atoms with Crippen LogP contribution in [0.5, 0.6) is 5.75 Å². The molecule has 0 fully saturated rings. The Morgan fingerprint density at radius 1 is 1.27 bits per heavy atom. The van der Waals surface area contributed by atoms with Crippen molar-refractivity contribution in [2.75, 3.05) is 6.61 Å². The fourth-order valence-electron chi connectivity index (χ4n) is 2.15. The van der Waals surface area contributed by atoms with E-state index in [1.165, 1.54) is 0 Å². The van der Waals surface area contributed by atoms with Crippen LogP contribution in [0.2, 0.25) is 0 Å². The van der Waals surface area contributed by atoms with E-state index >= 15 is 0 Å². The smallest absolute Gasteiger partial charge is 0.246 e.